The standard InChI is InChI=1S/C19H23N3O2/c1-13-8-14(2)10-16(9-13)22-19(20)21-12-15-4-5-17-18(11-15)24-7-3-6-23-17/h4-5,8-11H,3,6-7,12H2,1-2H3,(H3,20,21,22). The van der Waals surface area contributed by atoms with Crippen LogP contribution >= 0.6 is 0 Å². The Hall–Kier alpha value is -2.69. The maximum atomic E-state index is 6.00. The maximum absolute atomic E-state index is 6.00. The Morgan fingerprint density at radius 2 is 1.75 bits per heavy atom. The summed E-state index contributed by atoms with van der Waals surface area (Å²) < 4.78 is 11.3. The quantitative estimate of drug-likeness (QED) is 0.670. The zero-order valence-electron chi connectivity index (χ0n) is 14.1. The number of rotatable bonds is 3. The lowest BCUT2D eigenvalue weighted by atomic mass is 10.1. The first kappa shape index (κ1) is 16.2. The summed E-state index contributed by atoms with van der Waals surface area (Å²) in [5.74, 6) is 1.97. The summed E-state index contributed by atoms with van der Waals surface area (Å²) in [5.41, 5.74) is 10.4. The lowest BCUT2D eigenvalue weighted by Gasteiger charge is -2.10. The molecule has 0 saturated carbocycles. The minimum atomic E-state index is 0.395. The van der Waals surface area contributed by atoms with Crippen molar-refractivity contribution in [3.63, 3.8) is 0 Å². The Morgan fingerprint density at radius 3 is 2.50 bits per heavy atom. The first-order chi connectivity index (χ1) is 11.6. The minimum Gasteiger partial charge on any atom is -0.490 e. The van der Waals surface area contributed by atoms with Crippen LogP contribution in [0.25, 0.3) is 0 Å². The van der Waals surface area contributed by atoms with Gasteiger partial charge in [0.2, 0.25) is 0 Å². The van der Waals surface area contributed by atoms with Crippen LogP contribution in [0.1, 0.15) is 23.1 Å². The number of aliphatic imine (C=N–C) groups is 1. The van der Waals surface area contributed by atoms with Crippen molar-refractivity contribution in [3.8, 4) is 11.5 Å². The molecule has 0 spiro atoms. The van der Waals surface area contributed by atoms with E-state index in [1.807, 2.05) is 30.3 Å². The molecule has 3 N–H and O–H groups in total. The van der Waals surface area contributed by atoms with Crippen LogP contribution in [0.2, 0.25) is 0 Å². The predicted molar refractivity (Wildman–Crippen MR) is 96.9 cm³/mol. The van der Waals surface area contributed by atoms with Crippen LogP contribution in [0.15, 0.2) is 41.4 Å². The van der Waals surface area contributed by atoms with E-state index in [-0.39, 0.29) is 0 Å². The van der Waals surface area contributed by atoms with Crippen LogP contribution in [0.3, 0.4) is 0 Å². The Morgan fingerprint density at radius 1 is 1.04 bits per heavy atom. The lowest BCUT2D eigenvalue weighted by Crippen LogP contribution is -2.22. The molecule has 0 atom stereocenters. The molecule has 0 saturated heterocycles. The van der Waals surface area contributed by atoms with Crippen LogP contribution in [0.4, 0.5) is 5.69 Å². The van der Waals surface area contributed by atoms with Gasteiger partial charge < -0.3 is 20.5 Å². The third-order valence-corrected chi connectivity index (χ3v) is 3.74. The normalized spacial score (nSPS) is 14.2. The molecule has 0 aromatic heterocycles. The number of guanidine groups is 1. The van der Waals surface area contributed by atoms with E-state index in [0.717, 1.165) is 29.2 Å². The maximum Gasteiger partial charge on any atom is 0.193 e. The lowest BCUT2D eigenvalue weighted by molar-refractivity contribution is 0.297. The van der Waals surface area contributed by atoms with E-state index in [4.69, 9.17) is 15.2 Å². The zero-order chi connectivity index (χ0) is 16.9. The fraction of sp³-hybridized carbons (Fsp3) is 0.316. The molecule has 0 bridgehead atoms. The molecule has 0 aliphatic carbocycles. The summed E-state index contributed by atoms with van der Waals surface area (Å²) in [4.78, 5) is 4.41. The summed E-state index contributed by atoms with van der Waals surface area (Å²) in [7, 11) is 0. The van der Waals surface area contributed by atoms with E-state index < -0.39 is 0 Å². The number of nitrogens with zero attached hydrogens (tertiary/aromatic N) is 1. The first-order valence-corrected chi connectivity index (χ1v) is 8.14. The molecule has 1 aliphatic heterocycles. The van der Waals surface area contributed by atoms with E-state index in [0.29, 0.717) is 25.7 Å². The fourth-order valence-electron chi connectivity index (χ4n) is 2.72. The molecule has 2 aromatic carbocycles. The third kappa shape index (κ3) is 4.19. The van der Waals surface area contributed by atoms with Gasteiger partial charge in [-0.15, -0.1) is 0 Å². The molecule has 24 heavy (non-hydrogen) atoms. The highest BCUT2D eigenvalue weighted by Gasteiger charge is 2.10. The van der Waals surface area contributed by atoms with Gasteiger partial charge in [0.05, 0.1) is 19.8 Å². The molecule has 0 amide bonds. The Balaban J connectivity index is 1.67. The fourth-order valence-corrected chi connectivity index (χ4v) is 2.72. The van der Waals surface area contributed by atoms with Gasteiger partial charge in [-0.05, 0) is 54.8 Å². The number of hydrogen-bond acceptors (Lipinski definition) is 3. The summed E-state index contributed by atoms with van der Waals surface area (Å²) in [6, 6.07) is 12.1. The van der Waals surface area contributed by atoms with Crippen LogP contribution in [0, 0.1) is 13.8 Å². The average molecular weight is 325 g/mol. The van der Waals surface area contributed by atoms with Gasteiger partial charge in [0.1, 0.15) is 0 Å². The zero-order valence-corrected chi connectivity index (χ0v) is 14.1. The van der Waals surface area contributed by atoms with Crippen molar-refractivity contribution < 1.29 is 9.47 Å². The minimum absolute atomic E-state index is 0.395. The van der Waals surface area contributed by atoms with Crippen molar-refractivity contribution in [1.29, 1.82) is 0 Å². The van der Waals surface area contributed by atoms with E-state index in [9.17, 15) is 0 Å². The molecule has 0 fully saturated rings. The summed E-state index contributed by atoms with van der Waals surface area (Å²) >= 11 is 0. The van der Waals surface area contributed by atoms with Crippen molar-refractivity contribution in [1.82, 2.24) is 0 Å². The molecular formula is C19H23N3O2. The van der Waals surface area contributed by atoms with E-state index in [1.54, 1.807) is 0 Å². The molecule has 126 valence electrons. The predicted octanol–water partition coefficient (Wildman–Crippen LogP) is 3.39. The SMILES string of the molecule is Cc1cc(C)cc(NC(N)=NCc2ccc3c(c2)OCCCO3)c1. The molecule has 3 rings (SSSR count). The summed E-state index contributed by atoms with van der Waals surface area (Å²) in [5, 5.41) is 3.14. The highest BCUT2D eigenvalue weighted by molar-refractivity contribution is 5.92. The second kappa shape index (κ2) is 7.25. The molecule has 5 heteroatoms. The van der Waals surface area contributed by atoms with Crippen molar-refractivity contribution in [3.05, 3.63) is 53.1 Å². The number of ether oxygens (including phenoxy) is 2. The first-order valence-electron chi connectivity index (χ1n) is 8.14. The number of aryl methyl sites for hydroxylation is 2. The number of nitrogens with two attached hydrogens (primary N) is 1. The number of anilines is 1. The Labute approximate surface area is 142 Å². The van der Waals surface area contributed by atoms with Gasteiger partial charge in [-0.25, -0.2) is 4.99 Å². The topological polar surface area (TPSA) is 68.9 Å². The molecule has 0 unspecified atom stereocenters. The highest BCUT2D eigenvalue weighted by Crippen LogP contribution is 2.30. The molecule has 5 nitrogen and oxygen atoms in total. The second-order valence-electron chi connectivity index (χ2n) is 6.03. The third-order valence-electron chi connectivity index (χ3n) is 3.74. The van der Waals surface area contributed by atoms with Crippen molar-refractivity contribution in [2.45, 2.75) is 26.8 Å². The summed E-state index contributed by atoms with van der Waals surface area (Å²) in [6.45, 7) is 5.97. The van der Waals surface area contributed by atoms with Gasteiger partial charge in [0.15, 0.2) is 17.5 Å². The molecule has 0 radical (unpaired) electrons. The monoisotopic (exact) mass is 325 g/mol. The van der Waals surface area contributed by atoms with Crippen molar-refractivity contribution in [2.24, 2.45) is 10.7 Å². The number of fused-ring (bicyclic) bond motifs is 1. The van der Waals surface area contributed by atoms with Crippen LogP contribution in [-0.4, -0.2) is 19.2 Å². The van der Waals surface area contributed by atoms with Crippen LogP contribution in [0.5, 0.6) is 11.5 Å². The van der Waals surface area contributed by atoms with Gasteiger partial charge in [-0.3, -0.25) is 0 Å². The van der Waals surface area contributed by atoms with Crippen molar-refractivity contribution in [2.75, 3.05) is 18.5 Å². The highest BCUT2D eigenvalue weighted by atomic mass is 16.5. The van der Waals surface area contributed by atoms with Gasteiger partial charge in [0.25, 0.3) is 0 Å². The second-order valence-corrected chi connectivity index (χ2v) is 6.03. The smallest absolute Gasteiger partial charge is 0.193 e. The molecule has 2 aromatic rings. The molecule has 1 aliphatic rings. The van der Waals surface area contributed by atoms with Gasteiger partial charge >= 0.3 is 0 Å². The Bertz CT molecular complexity index is 736. The van der Waals surface area contributed by atoms with Crippen LogP contribution in [-0.2, 0) is 6.54 Å². The summed E-state index contributed by atoms with van der Waals surface area (Å²) in [6.07, 6.45) is 0.898. The largest absolute Gasteiger partial charge is 0.490 e. The van der Waals surface area contributed by atoms with Crippen LogP contribution < -0.4 is 20.5 Å². The van der Waals surface area contributed by atoms with Gasteiger partial charge in [0, 0.05) is 12.1 Å². The Kier molecular flexibility index (Phi) is 4.89. The van der Waals surface area contributed by atoms with Crippen molar-refractivity contribution >= 4 is 11.6 Å². The van der Waals surface area contributed by atoms with E-state index in [2.05, 4.69) is 30.2 Å². The van der Waals surface area contributed by atoms with Gasteiger partial charge in [-0.2, -0.15) is 0 Å². The van der Waals surface area contributed by atoms with E-state index >= 15 is 0 Å². The number of benzene rings is 2. The van der Waals surface area contributed by atoms with Gasteiger partial charge in [-0.1, -0.05) is 12.1 Å². The van der Waals surface area contributed by atoms with E-state index in [1.165, 1.54) is 11.1 Å². The number of nitrogens with one attached hydrogen (secondary N) is 1. The molecule has 1 heterocycles. The average Bonchev–Trinajstić information content (AvgIpc) is 2.76. The number of hydrogen-bond donors (Lipinski definition) is 2. The molecular weight excluding hydrogens is 302 g/mol.